The van der Waals surface area contributed by atoms with Crippen molar-refractivity contribution in [3.63, 3.8) is 0 Å². The van der Waals surface area contributed by atoms with Gasteiger partial charge in [0, 0.05) is 29.7 Å². The molecule has 0 saturated heterocycles. The van der Waals surface area contributed by atoms with Crippen molar-refractivity contribution in [1.29, 1.82) is 0 Å². The van der Waals surface area contributed by atoms with Gasteiger partial charge in [-0.3, -0.25) is 4.79 Å². The van der Waals surface area contributed by atoms with Crippen molar-refractivity contribution in [3.05, 3.63) is 108 Å². The van der Waals surface area contributed by atoms with Crippen molar-refractivity contribution in [2.45, 2.75) is 52.0 Å². The Morgan fingerprint density at radius 3 is 2.39 bits per heavy atom. The number of aliphatic carboxylic acids is 1. The first-order valence-corrected chi connectivity index (χ1v) is 12.9. The van der Waals surface area contributed by atoms with Gasteiger partial charge in [0.15, 0.2) is 0 Å². The maximum Gasteiger partial charge on any atom is 0.303 e. The molecule has 36 heavy (non-hydrogen) atoms. The lowest BCUT2D eigenvalue weighted by Gasteiger charge is -2.22. The molecule has 0 saturated carbocycles. The summed E-state index contributed by atoms with van der Waals surface area (Å²) in [6.07, 6.45) is 13.6. The summed E-state index contributed by atoms with van der Waals surface area (Å²) in [5.74, 6) is 0.257. The second-order valence-corrected chi connectivity index (χ2v) is 9.32. The van der Waals surface area contributed by atoms with Crippen molar-refractivity contribution < 1.29 is 9.90 Å². The quantitative estimate of drug-likeness (QED) is 0.360. The smallest absolute Gasteiger partial charge is 0.303 e. The number of nitrogens with zero attached hydrogens (tertiary/aromatic N) is 2. The number of rotatable bonds is 8. The second kappa shape index (κ2) is 10.8. The van der Waals surface area contributed by atoms with Crippen molar-refractivity contribution >= 4 is 11.5 Å². The first-order chi connectivity index (χ1) is 17.7. The van der Waals surface area contributed by atoms with Crippen LogP contribution in [0.25, 0.3) is 28.1 Å². The van der Waals surface area contributed by atoms with Gasteiger partial charge in [0.1, 0.15) is 5.82 Å². The zero-order valence-electron chi connectivity index (χ0n) is 20.8. The van der Waals surface area contributed by atoms with E-state index in [4.69, 9.17) is 10.1 Å². The Bertz CT molecular complexity index is 1370. The van der Waals surface area contributed by atoms with Gasteiger partial charge in [-0.05, 0) is 50.2 Å². The number of carboxylic acid groups (broad SMARTS) is 1. The minimum absolute atomic E-state index is 0.169. The van der Waals surface area contributed by atoms with E-state index in [0.717, 1.165) is 66.1 Å². The topological polar surface area (TPSA) is 55.1 Å². The molecule has 4 nitrogen and oxygen atoms in total. The molecule has 3 aromatic rings. The third-order valence-corrected chi connectivity index (χ3v) is 6.98. The van der Waals surface area contributed by atoms with Gasteiger partial charge >= 0.3 is 5.97 Å². The van der Waals surface area contributed by atoms with Crippen LogP contribution in [0.15, 0.2) is 102 Å². The van der Waals surface area contributed by atoms with Gasteiger partial charge in [-0.25, -0.2) is 4.98 Å². The predicted octanol–water partition coefficient (Wildman–Crippen LogP) is 7.85. The Balaban J connectivity index is 1.67. The molecule has 1 heterocycles. The SMILES string of the molecule is CCn1c(C2=C(C3=CC(CCC(=O)O)=CCC3)CCC=C2)nc(-c2ccccc2)c1-c1ccccc1. The molecule has 0 radical (unpaired) electrons. The molecule has 0 fully saturated rings. The summed E-state index contributed by atoms with van der Waals surface area (Å²) in [5, 5.41) is 9.15. The molecule has 2 aliphatic rings. The van der Waals surface area contributed by atoms with Crippen LogP contribution in [-0.2, 0) is 11.3 Å². The van der Waals surface area contributed by atoms with Gasteiger partial charge in [-0.1, -0.05) is 90.5 Å². The monoisotopic (exact) mass is 476 g/mol. The summed E-state index contributed by atoms with van der Waals surface area (Å²) in [6.45, 7) is 3.00. The molecular weight excluding hydrogens is 444 g/mol. The third kappa shape index (κ3) is 4.90. The summed E-state index contributed by atoms with van der Waals surface area (Å²) in [5.41, 5.74) is 9.41. The fraction of sp³-hybridized carbons (Fsp3) is 0.250. The lowest BCUT2D eigenvalue weighted by atomic mass is 9.85. The van der Waals surface area contributed by atoms with E-state index in [-0.39, 0.29) is 6.42 Å². The molecule has 0 aliphatic heterocycles. The number of hydrogen-bond acceptors (Lipinski definition) is 2. The standard InChI is InChI=1S/C32H32N2O2/c1-2-34-31(25-15-7-4-8-16-25)30(24-13-5-3-6-14-24)33-32(34)28-19-10-9-18-27(28)26-17-11-12-23(22-26)20-21-29(35)36/h3-8,10,12-16,19,22H,2,9,11,17-18,20-21H2,1H3,(H,35,36). The van der Waals surface area contributed by atoms with Crippen LogP contribution in [0.1, 0.15) is 51.3 Å². The summed E-state index contributed by atoms with van der Waals surface area (Å²) in [6, 6.07) is 21.0. The minimum atomic E-state index is -0.746. The molecule has 0 bridgehead atoms. The van der Waals surface area contributed by atoms with Crippen molar-refractivity contribution in [2.24, 2.45) is 0 Å². The van der Waals surface area contributed by atoms with E-state index in [1.807, 2.05) is 6.07 Å². The van der Waals surface area contributed by atoms with Gasteiger partial charge in [0.05, 0.1) is 11.4 Å². The van der Waals surface area contributed by atoms with Gasteiger partial charge in [0.2, 0.25) is 0 Å². The number of hydrogen-bond donors (Lipinski definition) is 1. The lowest BCUT2D eigenvalue weighted by Crippen LogP contribution is -2.08. The highest BCUT2D eigenvalue weighted by Gasteiger charge is 2.24. The first kappa shape index (κ1) is 23.8. The highest BCUT2D eigenvalue weighted by atomic mass is 16.4. The fourth-order valence-corrected chi connectivity index (χ4v) is 5.29. The predicted molar refractivity (Wildman–Crippen MR) is 146 cm³/mol. The van der Waals surface area contributed by atoms with Crippen LogP contribution in [-0.4, -0.2) is 20.6 Å². The molecule has 1 N–H and O–H groups in total. The Labute approximate surface area is 213 Å². The van der Waals surface area contributed by atoms with Crippen molar-refractivity contribution in [2.75, 3.05) is 0 Å². The molecule has 0 spiro atoms. The molecule has 0 unspecified atom stereocenters. The van der Waals surface area contributed by atoms with Gasteiger partial charge < -0.3 is 9.67 Å². The molecule has 1 aromatic heterocycles. The highest BCUT2D eigenvalue weighted by molar-refractivity contribution is 5.85. The lowest BCUT2D eigenvalue weighted by molar-refractivity contribution is -0.136. The average Bonchev–Trinajstić information content (AvgIpc) is 3.32. The maximum atomic E-state index is 11.1. The molecule has 2 aromatic carbocycles. The van der Waals surface area contributed by atoms with Gasteiger partial charge in [-0.15, -0.1) is 0 Å². The largest absolute Gasteiger partial charge is 0.481 e. The van der Waals surface area contributed by atoms with E-state index in [1.165, 1.54) is 16.7 Å². The van der Waals surface area contributed by atoms with E-state index in [2.05, 4.69) is 90.4 Å². The molecular formula is C32H32N2O2. The number of allylic oxidation sites excluding steroid dienone is 8. The first-order valence-electron chi connectivity index (χ1n) is 12.9. The van der Waals surface area contributed by atoms with E-state index in [9.17, 15) is 4.79 Å². The van der Waals surface area contributed by atoms with Crippen LogP contribution >= 0.6 is 0 Å². The number of carbonyl (C=O) groups is 1. The summed E-state index contributed by atoms with van der Waals surface area (Å²) >= 11 is 0. The van der Waals surface area contributed by atoms with E-state index >= 15 is 0 Å². The van der Waals surface area contributed by atoms with Crippen LogP contribution in [0.4, 0.5) is 0 Å². The van der Waals surface area contributed by atoms with Crippen LogP contribution in [0.3, 0.4) is 0 Å². The molecule has 0 amide bonds. The van der Waals surface area contributed by atoms with Crippen LogP contribution in [0, 0.1) is 0 Å². The van der Waals surface area contributed by atoms with Crippen molar-refractivity contribution in [1.82, 2.24) is 9.55 Å². The summed E-state index contributed by atoms with van der Waals surface area (Å²) < 4.78 is 2.35. The third-order valence-electron chi connectivity index (χ3n) is 6.98. The number of carboxylic acids is 1. The highest BCUT2D eigenvalue weighted by Crippen LogP contribution is 2.40. The van der Waals surface area contributed by atoms with E-state index < -0.39 is 5.97 Å². The maximum absolute atomic E-state index is 11.1. The average molecular weight is 477 g/mol. The number of imidazole rings is 1. The zero-order chi connectivity index (χ0) is 24.9. The molecule has 5 rings (SSSR count). The number of aromatic nitrogens is 2. The second-order valence-electron chi connectivity index (χ2n) is 9.32. The Hall–Kier alpha value is -3.92. The molecule has 182 valence electrons. The van der Waals surface area contributed by atoms with Crippen LogP contribution in [0.5, 0.6) is 0 Å². The Morgan fingerprint density at radius 1 is 0.972 bits per heavy atom. The molecule has 2 aliphatic carbocycles. The molecule has 4 heteroatoms. The van der Waals surface area contributed by atoms with Gasteiger partial charge in [0.25, 0.3) is 0 Å². The van der Waals surface area contributed by atoms with Crippen LogP contribution in [0.2, 0.25) is 0 Å². The Morgan fingerprint density at radius 2 is 1.69 bits per heavy atom. The Kier molecular flexibility index (Phi) is 7.13. The normalized spacial score (nSPS) is 15.6. The zero-order valence-corrected chi connectivity index (χ0v) is 20.8. The summed E-state index contributed by atoms with van der Waals surface area (Å²) in [4.78, 5) is 16.4. The van der Waals surface area contributed by atoms with Gasteiger partial charge in [-0.2, -0.15) is 0 Å². The van der Waals surface area contributed by atoms with E-state index in [1.54, 1.807) is 0 Å². The van der Waals surface area contributed by atoms with Crippen molar-refractivity contribution in [3.8, 4) is 22.5 Å². The van der Waals surface area contributed by atoms with Crippen LogP contribution < -0.4 is 0 Å². The molecule has 0 atom stereocenters. The number of benzene rings is 2. The summed E-state index contributed by atoms with van der Waals surface area (Å²) in [7, 11) is 0. The van der Waals surface area contributed by atoms with E-state index in [0.29, 0.717) is 6.42 Å². The minimum Gasteiger partial charge on any atom is -0.481 e. The fourth-order valence-electron chi connectivity index (χ4n) is 5.29.